The zero-order valence-corrected chi connectivity index (χ0v) is 25.7. The minimum absolute atomic E-state index is 0.0284. The summed E-state index contributed by atoms with van der Waals surface area (Å²) in [5, 5.41) is 8.85. The fraction of sp³-hybridized carbons (Fsp3) is 0.121. The van der Waals surface area contributed by atoms with Gasteiger partial charge in [0.1, 0.15) is 11.4 Å². The Hall–Kier alpha value is -4.24. The van der Waals surface area contributed by atoms with Crippen molar-refractivity contribution in [2.75, 3.05) is 17.7 Å². The predicted octanol–water partition coefficient (Wildman–Crippen LogP) is 7.92. The first-order valence-electron chi connectivity index (χ1n) is 13.3. The van der Waals surface area contributed by atoms with E-state index in [0.717, 1.165) is 4.90 Å². The molecule has 10 heteroatoms. The molecule has 0 saturated carbocycles. The second-order valence-electron chi connectivity index (χ2n) is 9.23. The van der Waals surface area contributed by atoms with Crippen LogP contribution in [0.15, 0.2) is 108 Å². The third-order valence-electron chi connectivity index (χ3n) is 6.19. The standard InChI is InChI=1S/C33H29Cl2N3O4S/c1-3-30(33(41)37-27-19-23(34)16-17-26(27)35)43-25-14-9-13-24(20-25)36-32(40)28(18-22-12-7-8-15-29(22)42-2)38-31(39)21-10-5-4-6-11-21/h4-20,30H,3H2,1-2H3,(H,36,40)(H,37,41)(H,38,39)/b28-18+. The summed E-state index contributed by atoms with van der Waals surface area (Å²) < 4.78 is 5.43. The van der Waals surface area contributed by atoms with Crippen molar-refractivity contribution in [3.8, 4) is 5.75 Å². The molecule has 4 aromatic carbocycles. The van der Waals surface area contributed by atoms with Crippen molar-refractivity contribution in [2.45, 2.75) is 23.5 Å². The van der Waals surface area contributed by atoms with Crippen LogP contribution >= 0.6 is 35.0 Å². The van der Waals surface area contributed by atoms with E-state index in [1.54, 1.807) is 84.9 Å². The van der Waals surface area contributed by atoms with Crippen LogP contribution in [0.25, 0.3) is 6.08 Å². The number of carbonyl (C=O) groups is 3. The van der Waals surface area contributed by atoms with Crippen molar-refractivity contribution in [2.24, 2.45) is 0 Å². The van der Waals surface area contributed by atoms with Gasteiger partial charge in [0.25, 0.3) is 11.8 Å². The zero-order chi connectivity index (χ0) is 30.8. The van der Waals surface area contributed by atoms with E-state index in [0.29, 0.717) is 44.7 Å². The lowest BCUT2D eigenvalue weighted by Crippen LogP contribution is -2.30. The minimum Gasteiger partial charge on any atom is -0.496 e. The highest BCUT2D eigenvalue weighted by Gasteiger charge is 2.20. The van der Waals surface area contributed by atoms with Gasteiger partial charge in [-0.15, -0.1) is 11.8 Å². The maximum Gasteiger partial charge on any atom is 0.272 e. The second-order valence-corrected chi connectivity index (χ2v) is 11.4. The molecule has 0 fully saturated rings. The highest BCUT2D eigenvalue weighted by atomic mass is 35.5. The van der Waals surface area contributed by atoms with Crippen LogP contribution in [0.3, 0.4) is 0 Å². The average molecular weight is 635 g/mol. The Morgan fingerprint density at radius 2 is 1.63 bits per heavy atom. The predicted molar refractivity (Wildman–Crippen MR) is 175 cm³/mol. The second kappa shape index (κ2) is 15.3. The van der Waals surface area contributed by atoms with E-state index in [9.17, 15) is 14.4 Å². The molecule has 4 rings (SSSR count). The van der Waals surface area contributed by atoms with E-state index in [-0.39, 0.29) is 11.6 Å². The molecule has 0 aromatic heterocycles. The van der Waals surface area contributed by atoms with Gasteiger partial charge in [-0.05, 0) is 67.1 Å². The molecular weight excluding hydrogens is 605 g/mol. The molecule has 0 radical (unpaired) electrons. The summed E-state index contributed by atoms with van der Waals surface area (Å²) in [7, 11) is 1.53. The van der Waals surface area contributed by atoms with E-state index in [1.807, 2.05) is 25.1 Å². The Bertz CT molecular complexity index is 1650. The Labute approximate surface area is 264 Å². The zero-order valence-electron chi connectivity index (χ0n) is 23.4. The van der Waals surface area contributed by atoms with Gasteiger partial charge in [-0.1, -0.05) is 72.6 Å². The topological polar surface area (TPSA) is 96.5 Å². The summed E-state index contributed by atoms with van der Waals surface area (Å²) in [5.41, 5.74) is 1.97. The molecule has 0 spiro atoms. The minimum atomic E-state index is -0.530. The maximum atomic E-state index is 13.5. The molecular formula is C33H29Cl2N3O4S. The molecule has 0 aliphatic carbocycles. The summed E-state index contributed by atoms with van der Waals surface area (Å²) in [6, 6.07) is 27.8. The Morgan fingerprint density at radius 3 is 2.37 bits per heavy atom. The Kier molecular flexibility index (Phi) is 11.3. The number of anilines is 2. The lowest BCUT2D eigenvalue weighted by atomic mass is 10.1. The summed E-state index contributed by atoms with van der Waals surface area (Å²) in [6.07, 6.45) is 2.11. The van der Waals surface area contributed by atoms with Crippen LogP contribution < -0.4 is 20.7 Å². The van der Waals surface area contributed by atoms with Crippen LogP contribution in [-0.2, 0) is 9.59 Å². The number of ether oxygens (including phenoxy) is 1. The van der Waals surface area contributed by atoms with E-state index in [2.05, 4.69) is 16.0 Å². The molecule has 43 heavy (non-hydrogen) atoms. The maximum absolute atomic E-state index is 13.5. The molecule has 0 saturated heterocycles. The Balaban J connectivity index is 1.53. The largest absolute Gasteiger partial charge is 0.496 e. The number of rotatable bonds is 11. The van der Waals surface area contributed by atoms with Gasteiger partial charge < -0.3 is 20.7 Å². The number of thioether (sulfide) groups is 1. The SMILES string of the molecule is CCC(Sc1cccc(NC(=O)/C(=C\c2ccccc2OC)NC(=O)c2ccccc2)c1)C(=O)Nc1cc(Cl)ccc1Cl. The molecule has 0 bridgehead atoms. The molecule has 4 aromatic rings. The van der Waals surface area contributed by atoms with Gasteiger partial charge in [-0.2, -0.15) is 0 Å². The van der Waals surface area contributed by atoms with Crippen molar-refractivity contribution in [3.63, 3.8) is 0 Å². The van der Waals surface area contributed by atoms with Crippen molar-refractivity contribution < 1.29 is 19.1 Å². The fourth-order valence-corrected chi connectivity index (χ4v) is 5.37. The lowest BCUT2D eigenvalue weighted by Gasteiger charge is -2.16. The molecule has 1 unspecified atom stereocenters. The van der Waals surface area contributed by atoms with Gasteiger partial charge >= 0.3 is 0 Å². The molecule has 0 aliphatic rings. The van der Waals surface area contributed by atoms with Crippen molar-refractivity contribution in [1.29, 1.82) is 0 Å². The molecule has 3 amide bonds. The van der Waals surface area contributed by atoms with Gasteiger partial charge in [0, 0.05) is 26.7 Å². The van der Waals surface area contributed by atoms with Gasteiger partial charge in [0.05, 0.1) is 23.1 Å². The van der Waals surface area contributed by atoms with Crippen LogP contribution in [0.2, 0.25) is 10.0 Å². The summed E-state index contributed by atoms with van der Waals surface area (Å²) >= 11 is 13.6. The van der Waals surface area contributed by atoms with Gasteiger partial charge in [0.2, 0.25) is 5.91 Å². The van der Waals surface area contributed by atoms with Crippen LogP contribution in [0.5, 0.6) is 5.75 Å². The molecule has 1 atom stereocenters. The quantitative estimate of drug-likeness (QED) is 0.115. The number of amides is 3. The first-order chi connectivity index (χ1) is 20.8. The van der Waals surface area contributed by atoms with Gasteiger partial charge in [-0.25, -0.2) is 0 Å². The van der Waals surface area contributed by atoms with E-state index in [1.165, 1.54) is 18.9 Å². The first kappa shape index (κ1) is 31.7. The molecule has 0 heterocycles. The number of carbonyl (C=O) groups excluding carboxylic acids is 3. The number of nitrogens with one attached hydrogen (secondary N) is 3. The van der Waals surface area contributed by atoms with E-state index < -0.39 is 17.1 Å². The highest BCUT2D eigenvalue weighted by molar-refractivity contribution is 8.00. The molecule has 220 valence electrons. The number of hydrogen-bond acceptors (Lipinski definition) is 5. The van der Waals surface area contributed by atoms with Crippen LogP contribution in [0.4, 0.5) is 11.4 Å². The van der Waals surface area contributed by atoms with Crippen LogP contribution in [0, 0.1) is 0 Å². The highest BCUT2D eigenvalue weighted by Crippen LogP contribution is 2.31. The smallest absolute Gasteiger partial charge is 0.272 e. The Morgan fingerprint density at radius 1 is 0.884 bits per heavy atom. The van der Waals surface area contributed by atoms with Crippen molar-refractivity contribution in [3.05, 3.63) is 124 Å². The fourth-order valence-electron chi connectivity index (χ4n) is 4.02. The number of benzene rings is 4. The molecule has 7 nitrogen and oxygen atoms in total. The first-order valence-corrected chi connectivity index (χ1v) is 15.0. The number of hydrogen-bond donors (Lipinski definition) is 3. The average Bonchev–Trinajstić information content (AvgIpc) is 3.02. The third kappa shape index (κ3) is 8.88. The van der Waals surface area contributed by atoms with Gasteiger partial charge in [0.15, 0.2) is 0 Å². The summed E-state index contributed by atoms with van der Waals surface area (Å²) in [6.45, 7) is 1.91. The monoisotopic (exact) mass is 633 g/mol. The van der Waals surface area contributed by atoms with Gasteiger partial charge in [-0.3, -0.25) is 14.4 Å². The summed E-state index contributed by atoms with van der Waals surface area (Å²) in [5.74, 6) is -0.643. The normalized spacial score (nSPS) is 11.8. The van der Waals surface area contributed by atoms with Crippen molar-refractivity contribution >= 4 is 70.1 Å². The van der Waals surface area contributed by atoms with Crippen LogP contribution in [-0.4, -0.2) is 30.1 Å². The van der Waals surface area contributed by atoms with Crippen molar-refractivity contribution in [1.82, 2.24) is 5.32 Å². The summed E-state index contributed by atoms with van der Waals surface area (Å²) in [4.78, 5) is 40.3. The van der Waals surface area contributed by atoms with E-state index >= 15 is 0 Å². The molecule has 0 aliphatic heterocycles. The number of para-hydroxylation sites is 1. The number of methoxy groups -OCH3 is 1. The third-order valence-corrected chi connectivity index (χ3v) is 8.11. The molecule has 3 N–H and O–H groups in total. The lowest BCUT2D eigenvalue weighted by molar-refractivity contribution is -0.116. The van der Waals surface area contributed by atoms with Crippen LogP contribution in [0.1, 0.15) is 29.3 Å². The number of halogens is 2. The van der Waals surface area contributed by atoms with E-state index in [4.69, 9.17) is 27.9 Å².